The fraction of sp³-hybridized carbons (Fsp3) is 0.917. The van der Waals surface area contributed by atoms with E-state index in [9.17, 15) is 0 Å². The molecule has 4 heteroatoms. The van der Waals surface area contributed by atoms with Gasteiger partial charge in [-0.15, -0.1) is 0 Å². The number of likely N-dealkylation sites (N-methyl/N-ethyl adjacent to an activating group) is 1. The van der Waals surface area contributed by atoms with Crippen LogP contribution < -0.4 is 5.32 Å². The summed E-state index contributed by atoms with van der Waals surface area (Å²) in [7, 11) is 0. The van der Waals surface area contributed by atoms with E-state index in [2.05, 4.69) is 22.1 Å². The molecule has 1 unspecified atom stereocenters. The molecule has 16 heavy (non-hydrogen) atoms. The van der Waals surface area contributed by atoms with Crippen molar-refractivity contribution in [3.63, 3.8) is 0 Å². The van der Waals surface area contributed by atoms with Crippen molar-refractivity contribution in [3.05, 3.63) is 0 Å². The van der Waals surface area contributed by atoms with Crippen molar-refractivity contribution in [1.82, 2.24) is 10.2 Å². The van der Waals surface area contributed by atoms with Crippen LogP contribution in [0.25, 0.3) is 0 Å². The van der Waals surface area contributed by atoms with Crippen LogP contribution in [0.2, 0.25) is 0 Å². The highest BCUT2D eigenvalue weighted by molar-refractivity contribution is 5.82. The van der Waals surface area contributed by atoms with Gasteiger partial charge in [-0.05, 0) is 19.4 Å². The Labute approximate surface area is 98.1 Å². The zero-order valence-electron chi connectivity index (χ0n) is 10.2. The quantitative estimate of drug-likeness (QED) is 0.774. The number of hydrogen-bond donors (Lipinski definition) is 1. The Morgan fingerprint density at radius 3 is 3.19 bits per heavy atom. The minimum atomic E-state index is 0.332. The molecule has 0 amide bonds. The van der Waals surface area contributed by atoms with Gasteiger partial charge in [0.05, 0.1) is 18.5 Å². The van der Waals surface area contributed by atoms with Gasteiger partial charge >= 0.3 is 0 Å². The van der Waals surface area contributed by atoms with Crippen LogP contribution in [0, 0.1) is 0 Å². The van der Waals surface area contributed by atoms with E-state index in [0.717, 1.165) is 45.8 Å². The topological polar surface area (TPSA) is 36.9 Å². The molecule has 0 aromatic rings. The number of aliphatic imine (C=N–C) groups is 1. The van der Waals surface area contributed by atoms with Crippen LogP contribution in [0.4, 0.5) is 0 Å². The molecule has 92 valence electrons. The van der Waals surface area contributed by atoms with Crippen LogP contribution in [0.5, 0.6) is 0 Å². The Hall–Kier alpha value is -0.610. The van der Waals surface area contributed by atoms with Crippen molar-refractivity contribution < 1.29 is 4.74 Å². The lowest BCUT2D eigenvalue weighted by molar-refractivity contribution is -0.0233. The molecule has 4 nitrogen and oxygen atoms in total. The molecule has 2 aliphatic rings. The van der Waals surface area contributed by atoms with Crippen molar-refractivity contribution in [3.8, 4) is 0 Å². The third-order valence-corrected chi connectivity index (χ3v) is 3.33. The molecule has 0 saturated carbocycles. The van der Waals surface area contributed by atoms with Gasteiger partial charge in [-0.1, -0.05) is 6.92 Å². The summed E-state index contributed by atoms with van der Waals surface area (Å²) in [5.41, 5.74) is 0. The summed E-state index contributed by atoms with van der Waals surface area (Å²) in [5, 5.41) is 3.43. The third kappa shape index (κ3) is 3.46. The van der Waals surface area contributed by atoms with Crippen molar-refractivity contribution in [2.24, 2.45) is 4.99 Å². The Morgan fingerprint density at radius 2 is 2.44 bits per heavy atom. The lowest BCUT2D eigenvalue weighted by atomic mass is 10.2. The molecular formula is C12H23N3O. The summed E-state index contributed by atoms with van der Waals surface area (Å²) in [5.74, 6) is 1.18. The summed E-state index contributed by atoms with van der Waals surface area (Å²) in [6.07, 6.45) is 3.97. The van der Waals surface area contributed by atoms with Crippen molar-refractivity contribution in [2.45, 2.75) is 32.3 Å². The Balaban J connectivity index is 1.70. The van der Waals surface area contributed by atoms with Gasteiger partial charge in [0.2, 0.25) is 0 Å². The van der Waals surface area contributed by atoms with Gasteiger partial charge in [0.1, 0.15) is 0 Å². The van der Waals surface area contributed by atoms with Gasteiger partial charge < -0.3 is 10.1 Å². The predicted octanol–water partition coefficient (Wildman–Crippen LogP) is 0.879. The molecule has 0 bridgehead atoms. The van der Waals surface area contributed by atoms with Gasteiger partial charge in [-0.3, -0.25) is 9.89 Å². The smallest absolute Gasteiger partial charge is 0.0963 e. The van der Waals surface area contributed by atoms with Crippen molar-refractivity contribution in [1.29, 1.82) is 0 Å². The zero-order valence-corrected chi connectivity index (χ0v) is 10.2. The molecule has 0 aliphatic carbocycles. The van der Waals surface area contributed by atoms with E-state index in [1.165, 1.54) is 18.7 Å². The molecule has 0 aromatic carbocycles. The van der Waals surface area contributed by atoms with Crippen LogP contribution >= 0.6 is 0 Å². The Kier molecular flexibility index (Phi) is 4.60. The van der Waals surface area contributed by atoms with Gasteiger partial charge in [0.25, 0.3) is 0 Å². The zero-order chi connectivity index (χ0) is 11.2. The maximum atomic E-state index is 5.74. The predicted molar refractivity (Wildman–Crippen MR) is 66.0 cm³/mol. The van der Waals surface area contributed by atoms with Crippen LogP contribution in [-0.2, 0) is 4.74 Å². The average molecular weight is 225 g/mol. The highest BCUT2D eigenvalue weighted by atomic mass is 16.5. The summed E-state index contributed by atoms with van der Waals surface area (Å²) < 4.78 is 5.74. The summed E-state index contributed by atoms with van der Waals surface area (Å²) in [4.78, 5) is 6.93. The second kappa shape index (κ2) is 6.21. The van der Waals surface area contributed by atoms with Crippen LogP contribution in [0.3, 0.4) is 0 Å². The number of ether oxygens (including phenoxy) is 1. The van der Waals surface area contributed by atoms with E-state index in [1.54, 1.807) is 0 Å². The number of nitrogens with one attached hydrogen (secondary N) is 1. The first kappa shape index (κ1) is 11.9. The fourth-order valence-corrected chi connectivity index (χ4v) is 2.26. The molecule has 1 fully saturated rings. The molecule has 1 atom stereocenters. The molecule has 0 spiro atoms. The summed E-state index contributed by atoms with van der Waals surface area (Å²) in [6, 6.07) is 0. The Morgan fingerprint density at radius 1 is 1.50 bits per heavy atom. The minimum absolute atomic E-state index is 0.332. The van der Waals surface area contributed by atoms with E-state index in [-0.39, 0.29) is 0 Å². The van der Waals surface area contributed by atoms with Gasteiger partial charge in [0.15, 0.2) is 0 Å². The lowest BCUT2D eigenvalue weighted by Gasteiger charge is -2.32. The molecule has 2 heterocycles. The second-order valence-corrected chi connectivity index (χ2v) is 4.55. The molecule has 0 aromatic heterocycles. The molecular weight excluding hydrogens is 202 g/mol. The van der Waals surface area contributed by atoms with Gasteiger partial charge in [0, 0.05) is 32.6 Å². The second-order valence-electron chi connectivity index (χ2n) is 4.55. The average Bonchev–Trinajstić information content (AvgIpc) is 2.38. The molecule has 1 saturated heterocycles. The number of rotatable bonds is 3. The number of morpholine rings is 1. The first-order valence-corrected chi connectivity index (χ1v) is 6.49. The lowest BCUT2D eigenvalue weighted by Crippen LogP contribution is -2.47. The first-order chi connectivity index (χ1) is 7.88. The monoisotopic (exact) mass is 225 g/mol. The van der Waals surface area contributed by atoms with Gasteiger partial charge in [-0.2, -0.15) is 0 Å². The minimum Gasteiger partial charge on any atom is -0.374 e. The van der Waals surface area contributed by atoms with Crippen molar-refractivity contribution >= 4 is 5.84 Å². The summed E-state index contributed by atoms with van der Waals surface area (Å²) >= 11 is 0. The van der Waals surface area contributed by atoms with Gasteiger partial charge in [-0.25, -0.2) is 0 Å². The highest BCUT2D eigenvalue weighted by Crippen LogP contribution is 2.06. The third-order valence-electron chi connectivity index (χ3n) is 3.33. The van der Waals surface area contributed by atoms with Crippen LogP contribution in [0.15, 0.2) is 4.99 Å². The number of nitrogens with zero attached hydrogens (tertiary/aromatic N) is 2. The van der Waals surface area contributed by atoms with E-state index in [0.29, 0.717) is 6.10 Å². The van der Waals surface area contributed by atoms with Crippen LogP contribution in [-0.4, -0.2) is 56.2 Å². The first-order valence-electron chi connectivity index (χ1n) is 6.49. The maximum Gasteiger partial charge on any atom is 0.0963 e. The van der Waals surface area contributed by atoms with E-state index in [1.807, 2.05) is 0 Å². The molecule has 0 radical (unpaired) electrons. The molecule has 2 aliphatic heterocycles. The fourth-order valence-electron chi connectivity index (χ4n) is 2.26. The molecule has 1 N–H and O–H groups in total. The van der Waals surface area contributed by atoms with E-state index in [4.69, 9.17) is 4.74 Å². The number of hydrogen-bond acceptors (Lipinski definition) is 4. The number of amidine groups is 1. The van der Waals surface area contributed by atoms with E-state index >= 15 is 0 Å². The van der Waals surface area contributed by atoms with Crippen molar-refractivity contribution in [2.75, 3.05) is 39.3 Å². The SMILES string of the molecule is CCN1CCOC(CNC2=NCCCC2)C1. The van der Waals surface area contributed by atoms with E-state index < -0.39 is 0 Å². The summed E-state index contributed by atoms with van der Waals surface area (Å²) in [6.45, 7) is 8.24. The standard InChI is InChI=1S/C12H23N3O/c1-2-15-7-8-16-11(10-15)9-14-12-5-3-4-6-13-12/h11H,2-10H2,1H3,(H,13,14). The Bertz CT molecular complexity index is 242. The largest absolute Gasteiger partial charge is 0.374 e. The highest BCUT2D eigenvalue weighted by Gasteiger charge is 2.19. The van der Waals surface area contributed by atoms with Crippen LogP contribution in [0.1, 0.15) is 26.2 Å². The maximum absolute atomic E-state index is 5.74. The molecule has 2 rings (SSSR count). The normalized spacial score (nSPS) is 27.6.